The van der Waals surface area contributed by atoms with Gasteiger partial charge >= 0.3 is 0 Å². The normalized spacial score (nSPS) is 11.1. The summed E-state index contributed by atoms with van der Waals surface area (Å²) in [5.74, 6) is 1.29. The second-order valence-electron chi connectivity index (χ2n) is 5.23. The van der Waals surface area contributed by atoms with Crippen LogP contribution < -0.4 is 10.1 Å². The van der Waals surface area contributed by atoms with Crippen molar-refractivity contribution >= 4 is 34.5 Å². The maximum absolute atomic E-state index is 6.10. The summed E-state index contributed by atoms with van der Waals surface area (Å²) in [5.41, 5.74) is 0. The highest BCUT2D eigenvalue weighted by Gasteiger charge is 2.07. The van der Waals surface area contributed by atoms with E-state index in [-0.39, 0.29) is 0 Å². The second kappa shape index (κ2) is 8.04. The average Bonchev–Trinajstić information content (AvgIpc) is 2.88. The molecule has 0 saturated carbocycles. The molecule has 21 heavy (non-hydrogen) atoms. The first kappa shape index (κ1) is 16.6. The fourth-order valence-electron chi connectivity index (χ4n) is 1.82. The van der Waals surface area contributed by atoms with E-state index in [0.717, 1.165) is 13.1 Å². The first-order valence-corrected chi connectivity index (χ1v) is 8.48. The molecule has 0 fully saturated rings. The smallest absolute Gasteiger partial charge is 0.139 e. The Morgan fingerprint density at radius 2 is 1.90 bits per heavy atom. The minimum atomic E-state index is 0.467. The van der Waals surface area contributed by atoms with Crippen LogP contribution in [0.3, 0.4) is 0 Å². The molecule has 0 spiro atoms. The molecule has 1 aromatic carbocycles. The molecule has 0 aliphatic carbocycles. The lowest BCUT2D eigenvalue weighted by atomic mass is 10.2. The summed E-state index contributed by atoms with van der Waals surface area (Å²) < 4.78 is 5.73. The molecule has 114 valence electrons. The number of halogens is 2. The molecule has 0 bridgehead atoms. The van der Waals surface area contributed by atoms with Gasteiger partial charge in [0.2, 0.25) is 0 Å². The van der Waals surface area contributed by atoms with Gasteiger partial charge in [-0.3, -0.25) is 0 Å². The summed E-state index contributed by atoms with van der Waals surface area (Å²) in [6.07, 6.45) is 0. The van der Waals surface area contributed by atoms with Crippen LogP contribution in [-0.4, -0.2) is 6.54 Å². The minimum Gasteiger partial charge on any atom is -0.486 e. The predicted molar refractivity (Wildman–Crippen MR) is 91.7 cm³/mol. The number of hydrogen-bond donors (Lipinski definition) is 1. The van der Waals surface area contributed by atoms with Crippen molar-refractivity contribution in [3.05, 3.63) is 50.1 Å². The number of rotatable bonds is 7. The first-order chi connectivity index (χ1) is 10.1. The van der Waals surface area contributed by atoms with Gasteiger partial charge in [-0.05, 0) is 36.7 Å². The quantitative estimate of drug-likeness (QED) is 0.728. The molecule has 1 N–H and O–H groups in total. The third kappa shape index (κ3) is 5.19. The van der Waals surface area contributed by atoms with Crippen LogP contribution in [0.25, 0.3) is 0 Å². The first-order valence-electron chi connectivity index (χ1n) is 6.91. The van der Waals surface area contributed by atoms with Crippen molar-refractivity contribution in [1.29, 1.82) is 0 Å². The Labute approximate surface area is 140 Å². The fourth-order valence-corrected chi connectivity index (χ4v) is 3.07. The van der Waals surface area contributed by atoms with Crippen LogP contribution >= 0.6 is 34.5 Å². The molecule has 0 unspecified atom stereocenters. The van der Waals surface area contributed by atoms with Crippen molar-refractivity contribution < 1.29 is 4.74 Å². The van der Waals surface area contributed by atoms with E-state index in [2.05, 4.69) is 31.3 Å². The zero-order valence-corrected chi connectivity index (χ0v) is 14.5. The van der Waals surface area contributed by atoms with Gasteiger partial charge in [0.15, 0.2) is 0 Å². The molecule has 0 aliphatic rings. The Morgan fingerprint density at radius 1 is 1.14 bits per heavy atom. The van der Waals surface area contributed by atoms with Gasteiger partial charge in [0, 0.05) is 16.3 Å². The average molecular weight is 344 g/mol. The number of benzene rings is 1. The van der Waals surface area contributed by atoms with Crippen molar-refractivity contribution in [3.63, 3.8) is 0 Å². The lowest BCUT2D eigenvalue weighted by Crippen LogP contribution is -2.18. The van der Waals surface area contributed by atoms with Crippen LogP contribution in [0, 0.1) is 5.92 Å². The van der Waals surface area contributed by atoms with E-state index < -0.39 is 0 Å². The van der Waals surface area contributed by atoms with Crippen LogP contribution in [0.5, 0.6) is 5.75 Å². The van der Waals surface area contributed by atoms with E-state index in [0.29, 0.717) is 28.3 Å². The molecule has 1 aromatic heterocycles. The third-order valence-electron chi connectivity index (χ3n) is 2.86. The second-order valence-corrected chi connectivity index (χ2v) is 7.27. The number of nitrogens with one attached hydrogen (secondary N) is 1. The molecule has 2 rings (SSSR count). The van der Waals surface area contributed by atoms with E-state index in [9.17, 15) is 0 Å². The Balaban J connectivity index is 1.86. The predicted octanol–water partition coefficient (Wildman–Crippen LogP) is 5.38. The van der Waals surface area contributed by atoms with Crippen LogP contribution in [0.4, 0.5) is 0 Å². The zero-order chi connectivity index (χ0) is 15.2. The summed E-state index contributed by atoms with van der Waals surface area (Å²) in [7, 11) is 0. The molecule has 0 aliphatic heterocycles. The molecule has 2 aromatic rings. The molecule has 0 radical (unpaired) electrons. The maximum atomic E-state index is 6.10. The molecule has 5 heteroatoms. The van der Waals surface area contributed by atoms with E-state index in [1.807, 2.05) is 12.1 Å². The lowest BCUT2D eigenvalue weighted by molar-refractivity contribution is 0.310. The van der Waals surface area contributed by atoms with Gasteiger partial charge in [0.1, 0.15) is 17.4 Å². The molecule has 1 heterocycles. The van der Waals surface area contributed by atoms with Crippen LogP contribution in [0.2, 0.25) is 10.0 Å². The Kier molecular flexibility index (Phi) is 6.37. The maximum Gasteiger partial charge on any atom is 0.139 e. The zero-order valence-electron chi connectivity index (χ0n) is 12.2. The number of thiophene rings is 1. The van der Waals surface area contributed by atoms with Crippen LogP contribution in [0.15, 0.2) is 30.3 Å². The van der Waals surface area contributed by atoms with Crippen molar-refractivity contribution in [2.75, 3.05) is 6.54 Å². The van der Waals surface area contributed by atoms with Gasteiger partial charge in [-0.2, -0.15) is 0 Å². The van der Waals surface area contributed by atoms with Gasteiger partial charge in [-0.1, -0.05) is 43.1 Å². The summed E-state index contributed by atoms with van der Waals surface area (Å²) >= 11 is 13.8. The summed E-state index contributed by atoms with van der Waals surface area (Å²) in [4.78, 5) is 2.49. The standard InChI is InChI=1S/C16H19Cl2NOS/c1-11(2)8-19-9-12-6-7-13(21-12)10-20-15-5-3-4-14(17)16(15)18/h3-7,11,19H,8-10H2,1-2H3. The molecular formula is C16H19Cl2NOS. The van der Waals surface area contributed by atoms with Crippen LogP contribution in [-0.2, 0) is 13.2 Å². The van der Waals surface area contributed by atoms with Gasteiger partial charge in [0.05, 0.1) is 5.02 Å². The molecular weight excluding hydrogens is 325 g/mol. The summed E-state index contributed by atoms with van der Waals surface area (Å²) in [5, 5.41) is 4.42. The van der Waals surface area contributed by atoms with Gasteiger partial charge in [-0.15, -0.1) is 11.3 Å². The number of ether oxygens (including phenoxy) is 1. The van der Waals surface area contributed by atoms with E-state index in [4.69, 9.17) is 27.9 Å². The molecule has 2 nitrogen and oxygen atoms in total. The Morgan fingerprint density at radius 3 is 2.67 bits per heavy atom. The monoisotopic (exact) mass is 343 g/mol. The third-order valence-corrected chi connectivity index (χ3v) is 4.72. The summed E-state index contributed by atoms with van der Waals surface area (Å²) in [6.45, 7) is 6.85. The topological polar surface area (TPSA) is 21.3 Å². The van der Waals surface area contributed by atoms with Crippen molar-refractivity contribution in [3.8, 4) is 5.75 Å². The SMILES string of the molecule is CC(C)CNCc1ccc(COc2cccc(Cl)c2Cl)s1. The fraction of sp³-hybridized carbons (Fsp3) is 0.375. The van der Waals surface area contributed by atoms with Gasteiger partial charge in [-0.25, -0.2) is 0 Å². The lowest BCUT2D eigenvalue weighted by Gasteiger charge is -2.07. The summed E-state index contributed by atoms with van der Waals surface area (Å²) in [6, 6.07) is 9.64. The Hall–Kier alpha value is -0.740. The van der Waals surface area contributed by atoms with Gasteiger partial charge < -0.3 is 10.1 Å². The van der Waals surface area contributed by atoms with Crippen LogP contribution in [0.1, 0.15) is 23.6 Å². The van der Waals surface area contributed by atoms with Gasteiger partial charge in [0.25, 0.3) is 0 Å². The van der Waals surface area contributed by atoms with E-state index in [1.54, 1.807) is 17.4 Å². The minimum absolute atomic E-state index is 0.467. The van der Waals surface area contributed by atoms with Crippen molar-refractivity contribution in [2.45, 2.75) is 27.0 Å². The Bertz CT molecular complexity index is 583. The molecule has 0 amide bonds. The van der Waals surface area contributed by atoms with Crippen molar-refractivity contribution in [2.24, 2.45) is 5.92 Å². The number of hydrogen-bond acceptors (Lipinski definition) is 3. The highest BCUT2D eigenvalue weighted by atomic mass is 35.5. The van der Waals surface area contributed by atoms with E-state index in [1.165, 1.54) is 9.75 Å². The largest absolute Gasteiger partial charge is 0.486 e. The molecule has 0 atom stereocenters. The van der Waals surface area contributed by atoms with Crippen molar-refractivity contribution in [1.82, 2.24) is 5.32 Å². The molecule has 0 saturated heterocycles. The highest BCUT2D eigenvalue weighted by molar-refractivity contribution is 7.11. The highest BCUT2D eigenvalue weighted by Crippen LogP contribution is 2.32. The van der Waals surface area contributed by atoms with E-state index >= 15 is 0 Å².